The molecule has 4 heterocycles. The van der Waals surface area contributed by atoms with Crippen LogP contribution >= 0.6 is 0 Å². The number of nitrogens with one attached hydrogen (secondary N) is 2. The standard InChI is InChI=1S/C20H29N5O4S/c26-20(25-13-4-5-14-25)16-15-21-23-19(16)17-7-8-18(29-17)30(27,28)22-9-6-12-24-10-2-1-3-11-24/h7-8,15,22H,1-6,9-14H2,(H,21,23). The molecule has 0 unspecified atom stereocenters. The Morgan fingerprint density at radius 3 is 2.60 bits per heavy atom. The number of hydrogen-bond acceptors (Lipinski definition) is 6. The van der Waals surface area contributed by atoms with E-state index in [1.165, 1.54) is 31.5 Å². The molecular weight excluding hydrogens is 406 g/mol. The van der Waals surface area contributed by atoms with Crippen LogP contribution in [0.5, 0.6) is 0 Å². The second-order valence-corrected chi connectivity index (χ2v) is 9.63. The van der Waals surface area contributed by atoms with Crippen LogP contribution in [0.2, 0.25) is 0 Å². The van der Waals surface area contributed by atoms with Gasteiger partial charge in [-0.05, 0) is 63.9 Å². The molecule has 0 spiro atoms. The van der Waals surface area contributed by atoms with Crippen molar-refractivity contribution in [2.75, 3.05) is 39.3 Å². The smallest absolute Gasteiger partial charge is 0.273 e. The molecule has 10 heteroatoms. The van der Waals surface area contributed by atoms with Crippen LogP contribution in [0.3, 0.4) is 0 Å². The third kappa shape index (κ3) is 4.76. The fraction of sp³-hybridized carbons (Fsp3) is 0.600. The Morgan fingerprint density at radius 1 is 1.10 bits per heavy atom. The predicted molar refractivity (Wildman–Crippen MR) is 112 cm³/mol. The summed E-state index contributed by atoms with van der Waals surface area (Å²) in [5.41, 5.74) is 0.795. The number of carbonyl (C=O) groups is 1. The fourth-order valence-electron chi connectivity index (χ4n) is 4.09. The van der Waals surface area contributed by atoms with Crippen LogP contribution in [0, 0.1) is 0 Å². The number of aromatic nitrogens is 2. The number of H-pyrrole nitrogens is 1. The van der Waals surface area contributed by atoms with Crippen molar-refractivity contribution in [2.45, 2.75) is 43.6 Å². The van der Waals surface area contributed by atoms with Gasteiger partial charge in [0.2, 0.25) is 5.09 Å². The summed E-state index contributed by atoms with van der Waals surface area (Å²) in [5.74, 6) is 0.164. The number of carbonyl (C=O) groups excluding carboxylic acids is 1. The van der Waals surface area contributed by atoms with Crippen molar-refractivity contribution >= 4 is 15.9 Å². The van der Waals surface area contributed by atoms with Crippen molar-refractivity contribution in [1.29, 1.82) is 0 Å². The molecule has 0 aliphatic carbocycles. The van der Waals surface area contributed by atoms with Gasteiger partial charge in [-0.3, -0.25) is 9.89 Å². The predicted octanol–water partition coefficient (Wildman–Crippen LogP) is 2.06. The van der Waals surface area contributed by atoms with E-state index in [0.717, 1.165) is 52.0 Å². The average Bonchev–Trinajstić information content (AvgIpc) is 3.52. The molecule has 0 saturated carbocycles. The lowest BCUT2D eigenvalue weighted by molar-refractivity contribution is 0.0793. The zero-order valence-corrected chi connectivity index (χ0v) is 17.9. The number of sulfonamides is 1. The number of amides is 1. The molecule has 0 bridgehead atoms. The lowest BCUT2D eigenvalue weighted by Gasteiger charge is -2.26. The van der Waals surface area contributed by atoms with Crippen LogP contribution in [-0.4, -0.2) is 73.6 Å². The van der Waals surface area contributed by atoms with Crippen molar-refractivity contribution in [3.05, 3.63) is 23.9 Å². The molecule has 0 radical (unpaired) electrons. The van der Waals surface area contributed by atoms with Crippen molar-refractivity contribution in [3.8, 4) is 11.5 Å². The van der Waals surface area contributed by atoms with Crippen LogP contribution < -0.4 is 4.72 Å². The third-order valence-electron chi connectivity index (χ3n) is 5.75. The van der Waals surface area contributed by atoms with Crippen molar-refractivity contribution in [3.63, 3.8) is 0 Å². The van der Waals surface area contributed by atoms with E-state index in [9.17, 15) is 13.2 Å². The molecule has 2 aliphatic rings. The summed E-state index contributed by atoms with van der Waals surface area (Å²) in [6.45, 7) is 4.89. The number of rotatable bonds is 8. The molecule has 2 fully saturated rings. The van der Waals surface area contributed by atoms with Crippen molar-refractivity contribution < 1.29 is 17.6 Å². The molecule has 9 nitrogen and oxygen atoms in total. The molecule has 1 amide bonds. The van der Waals surface area contributed by atoms with E-state index >= 15 is 0 Å². The van der Waals surface area contributed by atoms with Gasteiger partial charge >= 0.3 is 0 Å². The van der Waals surface area contributed by atoms with E-state index in [0.29, 0.717) is 17.8 Å². The van der Waals surface area contributed by atoms with E-state index < -0.39 is 10.0 Å². The topological polar surface area (TPSA) is 112 Å². The minimum Gasteiger partial charge on any atom is -0.442 e. The first kappa shape index (κ1) is 21.1. The van der Waals surface area contributed by atoms with Gasteiger partial charge in [-0.1, -0.05) is 6.42 Å². The maximum absolute atomic E-state index is 12.7. The second-order valence-electron chi connectivity index (χ2n) is 7.93. The highest BCUT2D eigenvalue weighted by atomic mass is 32.2. The van der Waals surface area contributed by atoms with Gasteiger partial charge in [-0.25, -0.2) is 13.1 Å². The van der Waals surface area contributed by atoms with Crippen LogP contribution in [0.25, 0.3) is 11.5 Å². The molecule has 164 valence electrons. The second kappa shape index (κ2) is 9.32. The summed E-state index contributed by atoms with van der Waals surface area (Å²) in [6.07, 6.45) is 7.92. The normalized spacial score (nSPS) is 18.2. The zero-order chi connectivity index (χ0) is 21.0. The molecule has 0 atom stereocenters. The molecule has 2 aliphatic heterocycles. The summed E-state index contributed by atoms with van der Waals surface area (Å²) in [6, 6.07) is 2.96. The molecule has 2 aromatic rings. The maximum atomic E-state index is 12.7. The van der Waals surface area contributed by atoms with Gasteiger partial charge in [0.1, 0.15) is 5.69 Å². The molecule has 2 aromatic heterocycles. The lowest BCUT2D eigenvalue weighted by Crippen LogP contribution is -2.33. The number of aromatic amines is 1. The van der Waals surface area contributed by atoms with Crippen LogP contribution in [-0.2, 0) is 10.0 Å². The molecule has 30 heavy (non-hydrogen) atoms. The van der Waals surface area contributed by atoms with E-state index in [-0.39, 0.29) is 16.8 Å². The van der Waals surface area contributed by atoms with E-state index in [1.54, 1.807) is 11.0 Å². The fourth-order valence-corrected chi connectivity index (χ4v) is 5.09. The van der Waals surface area contributed by atoms with E-state index in [2.05, 4.69) is 19.8 Å². The van der Waals surface area contributed by atoms with Gasteiger partial charge in [-0.2, -0.15) is 5.10 Å². The Morgan fingerprint density at radius 2 is 1.83 bits per heavy atom. The van der Waals surface area contributed by atoms with Gasteiger partial charge < -0.3 is 14.2 Å². The highest BCUT2D eigenvalue weighted by molar-refractivity contribution is 7.89. The number of furan rings is 1. The third-order valence-corrected chi connectivity index (χ3v) is 7.08. The zero-order valence-electron chi connectivity index (χ0n) is 17.1. The van der Waals surface area contributed by atoms with Gasteiger partial charge in [0.25, 0.3) is 15.9 Å². The summed E-state index contributed by atoms with van der Waals surface area (Å²) < 4.78 is 33.3. The first-order chi connectivity index (χ1) is 14.5. The Kier molecular flexibility index (Phi) is 6.55. The maximum Gasteiger partial charge on any atom is 0.273 e. The first-order valence-electron chi connectivity index (χ1n) is 10.7. The minimum atomic E-state index is -3.75. The number of likely N-dealkylation sites (tertiary alicyclic amines) is 2. The Hall–Kier alpha value is -2.17. The SMILES string of the molecule is O=C(c1cn[nH]c1-c1ccc(S(=O)(=O)NCCCN2CCCCC2)o1)N1CCCC1. The van der Waals surface area contributed by atoms with Gasteiger partial charge in [-0.15, -0.1) is 0 Å². The van der Waals surface area contributed by atoms with Crippen LogP contribution in [0.15, 0.2) is 27.8 Å². The Balaban J connectivity index is 1.37. The van der Waals surface area contributed by atoms with Crippen molar-refractivity contribution in [2.24, 2.45) is 0 Å². The number of hydrogen-bond donors (Lipinski definition) is 2. The summed E-state index contributed by atoms with van der Waals surface area (Å²) in [4.78, 5) is 16.9. The molecule has 4 rings (SSSR count). The summed E-state index contributed by atoms with van der Waals surface area (Å²) in [5, 5.41) is 6.57. The molecule has 0 aromatic carbocycles. The Labute approximate surface area is 176 Å². The number of piperidine rings is 1. The van der Waals surface area contributed by atoms with E-state index in [4.69, 9.17) is 4.42 Å². The monoisotopic (exact) mass is 435 g/mol. The summed E-state index contributed by atoms with van der Waals surface area (Å²) >= 11 is 0. The molecular formula is C20H29N5O4S. The summed E-state index contributed by atoms with van der Waals surface area (Å²) in [7, 11) is -3.75. The quantitative estimate of drug-likeness (QED) is 0.614. The first-order valence-corrected chi connectivity index (χ1v) is 12.2. The largest absolute Gasteiger partial charge is 0.442 e. The molecule has 2 N–H and O–H groups in total. The average molecular weight is 436 g/mol. The van der Waals surface area contributed by atoms with Crippen LogP contribution in [0.1, 0.15) is 48.9 Å². The van der Waals surface area contributed by atoms with E-state index in [1.807, 2.05) is 0 Å². The molecule has 2 saturated heterocycles. The highest BCUT2D eigenvalue weighted by Gasteiger charge is 2.26. The van der Waals surface area contributed by atoms with Crippen LogP contribution in [0.4, 0.5) is 0 Å². The number of nitrogens with zero attached hydrogens (tertiary/aromatic N) is 3. The Bertz CT molecular complexity index is 956. The minimum absolute atomic E-state index is 0.118. The van der Waals surface area contributed by atoms with Gasteiger partial charge in [0, 0.05) is 19.6 Å². The van der Waals surface area contributed by atoms with Crippen molar-refractivity contribution in [1.82, 2.24) is 24.7 Å². The highest BCUT2D eigenvalue weighted by Crippen LogP contribution is 2.27. The lowest BCUT2D eigenvalue weighted by atomic mass is 10.1. The van der Waals surface area contributed by atoms with Gasteiger partial charge in [0.15, 0.2) is 5.76 Å². The van der Waals surface area contributed by atoms with Gasteiger partial charge in [0.05, 0.1) is 11.8 Å².